The molecule has 0 aliphatic rings. The van der Waals surface area contributed by atoms with Crippen LogP contribution in [0, 0.1) is 0 Å². The Morgan fingerprint density at radius 2 is 1.84 bits per heavy atom. The van der Waals surface area contributed by atoms with E-state index in [-0.39, 0.29) is 0 Å². The number of hydrogen-bond donors (Lipinski definition) is 1. The second kappa shape index (κ2) is 4.99. The molecule has 0 unspecified atom stereocenters. The third-order valence-corrected chi connectivity index (χ3v) is 4.06. The molecule has 0 saturated carbocycles. The summed E-state index contributed by atoms with van der Waals surface area (Å²) in [6, 6.07) is 15.3. The van der Waals surface area contributed by atoms with E-state index in [4.69, 9.17) is 4.74 Å². The van der Waals surface area contributed by atoms with E-state index in [9.17, 15) is 5.11 Å². The van der Waals surface area contributed by atoms with Gasteiger partial charge in [-0.25, -0.2) is 4.98 Å². The number of methoxy groups -OCH3 is 1. The molecule has 3 aromatic rings. The Morgan fingerprint density at radius 3 is 2.53 bits per heavy atom. The Balaban J connectivity index is 1.95. The summed E-state index contributed by atoms with van der Waals surface area (Å²) in [5.74, 6) is 0.778. The summed E-state index contributed by atoms with van der Waals surface area (Å²) in [6.07, 6.45) is -0.691. The van der Waals surface area contributed by atoms with Crippen LogP contribution in [0.1, 0.15) is 16.7 Å². The first-order valence-corrected chi connectivity index (χ1v) is 6.77. The zero-order chi connectivity index (χ0) is 13.2. The number of fused-ring (bicyclic) bond motifs is 1. The second-order valence-electron chi connectivity index (χ2n) is 4.20. The highest BCUT2D eigenvalue weighted by Gasteiger charge is 2.15. The second-order valence-corrected chi connectivity index (χ2v) is 5.26. The number of nitrogens with zero attached hydrogens (tertiary/aromatic N) is 1. The highest BCUT2D eigenvalue weighted by atomic mass is 32.1. The lowest BCUT2D eigenvalue weighted by Gasteiger charge is -2.08. The molecular weight excluding hydrogens is 258 g/mol. The molecular formula is C15H13NO2S. The fourth-order valence-electron chi connectivity index (χ4n) is 1.94. The number of aliphatic hydroxyl groups excluding tert-OH is 1. The van der Waals surface area contributed by atoms with E-state index in [1.54, 1.807) is 7.11 Å². The first kappa shape index (κ1) is 12.1. The molecule has 2 aromatic carbocycles. The molecule has 0 bridgehead atoms. The van der Waals surface area contributed by atoms with Crippen LogP contribution in [-0.4, -0.2) is 17.2 Å². The molecule has 0 aliphatic carbocycles. The van der Waals surface area contributed by atoms with Crippen LogP contribution in [-0.2, 0) is 0 Å². The minimum Gasteiger partial charge on any atom is -0.497 e. The molecule has 3 rings (SSSR count). The van der Waals surface area contributed by atoms with Gasteiger partial charge in [-0.1, -0.05) is 24.3 Å². The quantitative estimate of drug-likeness (QED) is 0.794. The van der Waals surface area contributed by atoms with Crippen LogP contribution in [0.25, 0.3) is 10.2 Å². The molecule has 1 N–H and O–H groups in total. The number of benzene rings is 2. The topological polar surface area (TPSA) is 42.4 Å². The van der Waals surface area contributed by atoms with E-state index in [1.165, 1.54) is 11.3 Å². The van der Waals surface area contributed by atoms with Crippen LogP contribution in [0.5, 0.6) is 5.75 Å². The predicted octanol–water partition coefficient (Wildman–Crippen LogP) is 3.39. The highest BCUT2D eigenvalue weighted by Crippen LogP contribution is 2.30. The molecule has 0 saturated heterocycles. The minimum absolute atomic E-state index is 0.691. The zero-order valence-corrected chi connectivity index (χ0v) is 11.2. The molecule has 3 nitrogen and oxygen atoms in total. The van der Waals surface area contributed by atoms with Crippen molar-refractivity contribution in [3.63, 3.8) is 0 Å². The van der Waals surface area contributed by atoms with Gasteiger partial charge in [0.05, 0.1) is 17.3 Å². The van der Waals surface area contributed by atoms with Gasteiger partial charge in [0.2, 0.25) is 0 Å². The number of aliphatic hydroxyl groups is 1. The lowest BCUT2D eigenvalue weighted by Crippen LogP contribution is -1.98. The normalized spacial score (nSPS) is 12.5. The van der Waals surface area contributed by atoms with E-state index in [0.29, 0.717) is 5.01 Å². The van der Waals surface area contributed by atoms with Crippen molar-refractivity contribution in [3.8, 4) is 5.75 Å². The lowest BCUT2D eigenvalue weighted by molar-refractivity contribution is 0.220. The van der Waals surface area contributed by atoms with Gasteiger partial charge in [-0.3, -0.25) is 0 Å². The Kier molecular flexibility index (Phi) is 3.19. The average molecular weight is 271 g/mol. The monoisotopic (exact) mass is 271 g/mol. The van der Waals surface area contributed by atoms with Crippen LogP contribution in [0.15, 0.2) is 48.5 Å². The van der Waals surface area contributed by atoms with E-state index < -0.39 is 6.10 Å². The number of ether oxygens (including phenoxy) is 1. The van der Waals surface area contributed by atoms with Gasteiger partial charge >= 0.3 is 0 Å². The van der Waals surface area contributed by atoms with Gasteiger partial charge in [-0.15, -0.1) is 11.3 Å². The van der Waals surface area contributed by atoms with Crippen LogP contribution in [0.3, 0.4) is 0 Å². The van der Waals surface area contributed by atoms with Gasteiger partial charge in [-0.2, -0.15) is 0 Å². The van der Waals surface area contributed by atoms with Crippen molar-refractivity contribution in [2.75, 3.05) is 7.11 Å². The van der Waals surface area contributed by atoms with Crippen molar-refractivity contribution < 1.29 is 9.84 Å². The van der Waals surface area contributed by atoms with Crippen LogP contribution < -0.4 is 4.74 Å². The summed E-state index contributed by atoms with van der Waals surface area (Å²) in [5.41, 5.74) is 1.75. The molecule has 19 heavy (non-hydrogen) atoms. The molecule has 0 aliphatic heterocycles. The smallest absolute Gasteiger partial charge is 0.131 e. The summed E-state index contributed by atoms with van der Waals surface area (Å²) in [4.78, 5) is 4.47. The fourth-order valence-corrected chi connectivity index (χ4v) is 2.92. The van der Waals surface area contributed by atoms with Crippen molar-refractivity contribution in [3.05, 3.63) is 59.1 Å². The molecule has 0 radical (unpaired) electrons. The Labute approximate surface area is 115 Å². The van der Waals surface area contributed by atoms with E-state index in [2.05, 4.69) is 4.98 Å². The SMILES string of the molecule is COc1ccc([C@@H](O)c2nc3ccccc3s2)cc1. The fraction of sp³-hybridized carbons (Fsp3) is 0.133. The molecule has 96 valence electrons. The molecule has 1 heterocycles. The van der Waals surface area contributed by atoms with Gasteiger partial charge in [0.15, 0.2) is 0 Å². The van der Waals surface area contributed by atoms with Crippen LogP contribution in [0.4, 0.5) is 0 Å². The van der Waals surface area contributed by atoms with Crippen molar-refractivity contribution in [1.29, 1.82) is 0 Å². The molecule has 0 spiro atoms. The number of rotatable bonds is 3. The first-order valence-electron chi connectivity index (χ1n) is 5.95. The Morgan fingerprint density at radius 1 is 1.11 bits per heavy atom. The lowest BCUT2D eigenvalue weighted by atomic mass is 10.1. The summed E-state index contributed by atoms with van der Waals surface area (Å²) in [5, 5.41) is 11.1. The summed E-state index contributed by atoms with van der Waals surface area (Å²) < 4.78 is 6.20. The summed E-state index contributed by atoms with van der Waals surface area (Å²) >= 11 is 1.52. The number of hydrogen-bond acceptors (Lipinski definition) is 4. The maximum Gasteiger partial charge on any atom is 0.131 e. The largest absolute Gasteiger partial charge is 0.497 e. The van der Waals surface area contributed by atoms with E-state index >= 15 is 0 Å². The standard InChI is InChI=1S/C15H13NO2S/c1-18-11-8-6-10(7-9-11)14(17)15-16-12-4-2-3-5-13(12)19-15/h2-9,14,17H,1H3/t14-/m1/s1. The summed E-state index contributed by atoms with van der Waals surface area (Å²) in [7, 11) is 1.62. The minimum atomic E-state index is -0.691. The van der Waals surface area contributed by atoms with Gasteiger partial charge in [0.25, 0.3) is 0 Å². The van der Waals surface area contributed by atoms with E-state index in [0.717, 1.165) is 21.5 Å². The molecule has 1 aromatic heterocycles. The Bertz CT molecular complexity index is 658. The Hall–Kier alpha value is -1.91. The molecule has 1 atom stereocenters. The van der Waals surface area contributed by atoms with E-state index in [1.807, 2.05) is 48.5 Å². The van der Waals surface area contributed by atoms with Gasteiger partial charge in [0, 0.05) is 0 Å². The van der Waals surface area contributed by atoms with Crippen LogP contribution >= 0.6 is 11.3 Å². The molecule has 0 amide bonds. The maximum absolute atomic E-state index is 10.4. The zero-order valence-electron chi connectivity index (χ0n) is 10.4. The van der Waals surface area contributed by atoms with Crippen molar-refractivity contribution in [1.82, 2.24) is 4.98 Å². The third kappa shape index (κ3) is 2.32. The number of para-hydroxylation sites is 1. The number of aromatic nitrogens is 1. The van der Waals surface area contributed by atoms with Crippen molar-refractivity contribution in [2.24, 2.45) is 0 Å². The van der Waals surface area contributed by atoms with Crippen LogP contribution in [0.2, 0.25) is 0 Å². The predicted molar refractivity (Wildman–Crippen MR) is 76.7 cm³/mol. The van der Waals surface area contributed by atoms with Crippen molar-refractivity contribution in [2.45, 2.75) is 6.10 Å². The first-order chi connectivity index (χ1) is 9.28. The molecule has 4 heteroatoms. The van der Waals surface area contributed by atoms with Gasteiger partial charge in [0.1, 0.15) is 16.9 Å². The van der Waals surface area contributed by atoms with Crippen molar-refractivity contribution >= 4 is 21.6 Å². The highest BCUT2D eigenvalue weighted by molar-refractivity contribution is 7.18. The van der Waals surface area contributed by atoms with Gasteiger partial charge < -0.3 is 9.84 Å². The third-order valence-electron chi connectivity index (χ3n) is 2.98. The number of thiazole rings is 1. The average Bonchev–Trinajstić information content (AvgIpc) is 2.90. The molecule has 0 fully saturated rings. The van der Waals surface area contributed by atoms with Gasteiger partial charge in [-0.05, 0) is 29.8 Å². The maximum atomic E-state index is 10.4. The summed E-state index contributed by atoms with van der Waals surface area (Å²) in [6.45, 7) is 0.